The van der Waals surface area contributed by atoms with Crippen LogP contribution in [0.3, 0.4) is 0 Å². The first kappa shape index (κ1) is 21.1. The molecule has 160 valence electrons. The first-order chi connectivity index (χ1) is 14.5. The maximum Gasteiger partial charge on any atom is 0.263 e. The molecule has 30 heavy (non-hydrogen) atoms. The van der Waals surface area contributed by atoms with Crippen molar-refractivity contribution in [3.05, 3.63) is 57.8 Å². The van der Waals surface area contributed by atoms with E-state index in [0.29, 0.717) is 25.5 Å². The fourth-order valence-electron chi connectivity index (χ4n) is 4.61. The van der Waals surface area contributed by atoms with Crippen molar-refractivity contribution in [1.29, 1.82) is 0 Å². The predicted molar refractivity (Wildman–Crippen MR) is 119 cm³/mol. The molecule has 0 saturated carbocycles. The Labute approximate surface area is 182 Å². The molecule has 1 aromatic carbocycles. The molecule has 2 amide bonds. The van der Waals surface area contributed by atoms with Crippen LogP contribution in [0.4, 0.5) is 0 Å². The Balaban J connectivity index is 1.26. The lowest BCUT2D eigenvalue weighted by Crippen LogP contribution is -2.51. The Kier molecular flexibility index (Phi) is 6.54. The second kappa shape index (κ2) is 9.31. The van der Waals surface area contributed by atoms with Gasteiger partial charge in [-0.05, 0) is 56.2 Å². The topological polar surface area (TPSA) is 58.6 Å². The van der Waals surface area contributed by atoms with Crippen LogP contribution in [-0.2, 0) is 16.1 Å². The minimum absolute atomic E-state index is 0.113. The van der Waals surface area contributed by atoms with E-state index in [9.17, 15) is 9.59 Å². The minimum Gasteiger partial charge on any atom is -0.375 e. The number of piperidine rings is 1. The summed E-state index contributed by atoms with van der Waals surface area (Å²) < 4.78 is 6.22. The number of aryl methyl sites for hydroxylation is 1. The number of nitrogens with zero attached hydrogens (tertiary/aromatic N) is 1. The fraction of sp³-hybridized carbons (Fsp3) is 0.500. The zero-order chi connectivity index (χ0) is 21.0. The van der Waals surface area contributed by atoms with Gasteiger partial charge in [0.2, 0.25) is 5.91 Å². The molecule has 0 bridgehead atoms. The van der Waals surface area contributed by atoms with Gasteiger partial charge in [-0.15, -0.1) is 11.3 Å². The predicted octanol–water partition coefficient (Wildman–Crippen LogP) is 4.16. The molecule has 0 aliphatic carbocycles. The van der Waals surface area contributed by atoms with Crippen molar-refractivity contribution < 1.29 is 14.3 Å². The van der Waals surface area contributed by atoms with Crippen LogP contribution in [0.1, 0.15) is 52.2 Å². The summed E-state index contributed by atoms with van der Waals surface area (Å²) in [6.45, 7) is 4.76. The number of hydrogen-bond donors (Lipinski definition) is 1. The van der Waals surface area contributed by atoms with Crippen molar-refractivity contribution >= 4 is 23.2 Å². The second-order valence-corrected chi connectivity index (χ2v) is 9.85. The number of ether oxygens (including phenoxy) is 1. The Morgan fingerprint density at radius 1 is 1.17 bits per heavy atom. The quantitative estimate of drug-likeness (QED) is 0.781. The molecule has 1 spiro atoms. The van der Waals surface area contributed by atoms with E-state index in [1.54, 1.807) is 11.3 Å². The van der Waals surface area contributed by atoms with Crippen molar-refractivity contribution in [3.8, 4) is 0 Å². The average molecular weight is 427 g/mol. The molecular formula is C24H30N2O3S. The van der Waals surface area contributed by atoms with Crippen LogP contribution in [-0.4, -0.2) is 42.0 Å². The van der Waals surface area contributed by atoms with Crippen LogP contribution >= 0.6 is 11.3 Å². The largest absolute Gasteiger partial charge is 0.375 e. The van der Waals surface area contributed by atoms with E-state index in [1.165, 1.54) is 0 Å². The maximum atomic E-state index is 12.7. The molecule has 1 atom stereocenters. The van der Waals surface area contributed by atoms with Gasteiger partial charge in [0.25, 0.3) is 5.91 Å². The summed E-state index contributed by atoms with van der Waals surface area (Å²) in [7, 11) is 0. The first-order valence-corrected chi connectivity index (χ1v) is 11.6. The third-order valence-electron chi connectivity index (χ3n) is 6.31. The van der Waals surface area contributed by atoms with Gasteiger partial charge in [0.15, 0.2) is 0 Å². The molecule has 2 saturated heterocycles. The smallest absolute Gasteiger partial charge is 0.263 e. The number of carbonyl (C=O) groups excluding carboxylic acids is 2. The molecule has 1 N–H and O–H groups in total. The summed E-state index contributed by atoms with van der Waals surface area (Å²) in [6, 6.07) is 13.9. The molecule has 1 unspecified atom stereocenters. The standard InChI is InChI=1S/C24H30N2O3S/c1-18-7-8-21(30-18)23(28)26-12-10-24(11-13-26)16-20(9-14-29-24)15-22(27)25-17-19-5-3-2-4-6-19/h2-8,20H,9-17H2,1H3,(H,25,27). The van der Waals surface area contributed by atoms with Crippen molar-refractivity contribution in [2.24, 2.45) is 5.92 Å². The monoisotopic (exact) mass is 426 g/mol. The SMILES string of the molecule is Cc1ccc(C(=O)N2CCC3(CC2)CC(CC(=O)NCc2ccccc2)CCO3)s1. The summed E-state index contributed by atoms with van der Waals surface area (Å²) >= 11 is 1.56. The molecule has 4 rings (SSSR count). The number of nitrogens with one attached hydrogen (secondary N) is 1. The van der Waals surface area contributed by atoms with Crippen LogP contribution in [0, 0.1) is 12.8 Å². The van der Waals surface area contributed by atoms with E-state index in [4.69, 9.17) is 4.74 Å². The van der Waals surface area contributed by atoms with Crippen LogP contribution in [0.5, 0.6) is 0 Å². The molecule has 2 aliphatic rings. The van der Waals surface area contributed by atoms with Crippen molar-refractivity contribution in [2.75, 3.05) is 19.7 Å². The highest BCUT2D eigenvalue weighted by Crippen LogP contribution is 2.39. The number of rotatable bonds is 5. The number of benzene rings is 1. The number of hydrogen-bond acceptors (Lipinski definition) is 4. The lowest BCUT2D eigenvalue weighted by molar-refractivity contribution is -0.134. The van der Waals surface area contributed by atoms with Gasteiger partial charge in [-0.2, -0.15) is 0 Å². The van der Waals surface area contributed by atoms with Crippen LogP contribution in [0.15, 0.2) is 42.5 Å². The van der Waals surface area contributed by atoms with Gasteiger partial charge in [0, 0.05) is 37.5 Å². The zero-order valence-corrected chi connectivity index (χ0v) is 18.4. The van der Waals surface area contributed by atoms with Crippen LogP contribution in [0.2, 0.25) is 0 Å². The van der Waals surface area contributed by atoms with Crippen molar-refractivity contribution in [3.63, 3.8) is 0 Å². The summed E-state index contributed by atoms with van der Waals surface area (Å²) in [5, 5.41) is 3.05. The third-order valence-corrected chi connectivity index (χ3v) is 7.30. The van der Waals surface area contributed by atoms with E-state index in [0.717, 1.165) is 54.1 Å². The van der Waals surface area contributed by atoms with Crippen LogP contribution in [0.25, 0.3) is 0 Å². The number of thiophene rings is 1. The summed E-state index contributed by atoms with van der Waals surface area (Å²) in [5.41, 5.74) is 0.942. The van der Waals surface area contributed by atoms with Gasteiger partial charge < -0.3 is 15.0 Å². The van der Waals surface area contributed by atoms with Gasteiger partial charge in [-0.25, -0.2) is 0 Å². The van der Waals surface area contributed by atoms with Gasteiger partial charge in [-0.1, -0.05) is 30.3 Å². The van der Waals surface area contributed by atoms with Crippen LogP contribution < -0.4 is 5.32 Å². The van der Waals surface area contributed by atoms with Crippen molar-refractivity contribution in [1.82, 2.24) is 10.2 Å². The number of likely N-dealkylation sites (tertiary alicyclic amines) is 1. The van der Waals surface area contributed by atoms with E-state index in [1.807, 2.05) is 54.3 Å². The highest BCUT2D eigenvalue weighted by molar-refractivity contribution is 7.13. The van der Waals surface area contributed by atoms with Gasteiger partial charge >= 0.3 is 0 Å². The summed E-state index contributed by atoms with van der Waals surface area (Å²) in [4.78, 5) is 29.1. The first-order valence-electron chi connectivity index (χ1n) is 10.8. The van der Waals surface area contributed by atoms with Crippen molar-refractivity contribution in [2.45, 2.75) is 51.2 Å². The normalized spacial score (nSPS) is 20.8. The molecule has 1 aromatic heterocycles. The lowest BCUT2D eigenvalue weighted by Gasteiger charge is -2.46. The molecule has 0 radical (unpaired) electrons. The maximum absolute atomic E-state index is 12.7. The highest BCUT2D eigenvalue weighted by atomic mass is 32.1. The second-order valence-electron chi connectivity index (χ2n) is 8.56. The Hall–Kier alpha value is -2.18. The summed E-state index contributed by atoms with van der Waals surface area (Å²) in [6.07, 6.45) is 4.09. The number of carbonyl (C=O) groups is 2. The molecule has 2 aromatic rings. The Morgan fingerprint density at radius 2 is 1.93 bits per heavy atom. The number of amides is 2. The minimum atomic E-state index is -0.176. The molecule has 3 heterocycles. The van der Waals surface area contributed by atoms with E-state index in [-0.39, 0.29) is 17.4 Å². The Bertz CT molecular complexity index is 872. The van der Waals surface area contributed by atoms with Gasteiger partial charge in [0.05, 0.1) is 10.5 Å². The van der Waals surface area contributed by atoms with E-state index < -0.39 is 0 Å². The van der Waals surface area contributed by atoms with E-state index >= 15 is 0 Å². The molecule has 6 heteroatoms. The molecule has 2 fully saturated rings. The molecule has 5 nitrogen and oxygen atoms in total. The average Bonchev–Trinajstić information content (AvgIpc) is 3.19. The Morgan fingerprint density at radius 3 is 2.63 bits per heavy atom. The third kappa shape index (κ3) is 5.10. The zero-order valence-electron chi connectivity index (χ0n) is 17.6. The fourth-order valence-corrected chi connectivity index (χ4v) is 5.44. The van der Waals surface area contributed by atoms with Gasteiger partial charge in [-0.3, -0.25) is 9.59 Å². The van der Waals surface area contributed by atoms with E-state index in [2.05, 4.69) is 5.32 Å². The lowest BCUT2D eigenvalue weighted by atomic mass is 9.78. The molecular weight excluding hydrogens is 396 g/mol. The molecule has 2 aliphatic heterocycles. The highest BCUT2D eigenvalue weighted by Gasteiger charge is 2.41. The summed E-state index contributed by atoms with van der Waals surface area (Å²) in [5.74, 6) is 0.592. The van der Waals surface area contributed by atoms with Gasteiger partial charge in [0.1, 0.15) is 0 Å².